The third-order valence-electron chi connectivity index (χ3n) is 5.75. The van der Waals surface area contributed by atoms with Gasteiger partial charge in [-0.15, -0.1) is 12.1 Å². The van der Waals surface area contributed by atoms with E-state index in [1.54, 1.807) is 0 Å². The minimum absolute atomic E-state index is 0.123. The van der Waals surface area contributed by atoms with Crippen LogP contribution in [0.25, 0.3) is 10.6 Å². The standard InChI is InChI=1S/C18H30F2N2.2ClH.Ti/c19-13-7-1-3-9-15(13)21-17-11-5-6-12-18(17)22-16-10-4-2-8-14(16)20;;;/h13-18H,1-12H2;2*1H;/q-2;;;+2/p-2. The van der Waals surface area contributed by atoms with Crippen molar-refractivity contribution in [3.05, 3.63) is 10.6 Å². The van der Waals surface area contributed by atoms with Crippen molar-refractivity contribution in [2.75, 3.05) is 0 Å². The van der Waals surface area contributed by atoms with Crippen LogP contribution in [-0.2, 0) is 17.0 Å². The van der Waals surface area contributed by atoms with Crippen LogP contribution in [0, 0.1) is 0 Å². The van der Waals surface area contributed by atoms with Gasteiger partial charge in [-0.2, -0.15) is 12.1 Å². The normalized spacial score (nSPS) is 39.2. The number of hydrogen-bond donors (Lipinski definition) is 0. The first-order valence-corrected chi connectivity index (χ1v) is 14.1. The molecule has 25 heavy (non-hydrogen) atoms. The quantitative estimate of drug-likeness (QED) is 0.430. The van der Waals surface area contributed by atoms with Crippen molar-refractivity contribution in [1.29, 1.82) is 0 Å². The molecule has 0 aromatic carbocycles. The van der Waals surface area contributed by atoms with Crippen LogP contribution in [0.2, 0.25) is 0 Å². The van der Waals surface area contributed by atoms with Crippen LogP contribution >= 0.6 is 18.6 Å². The molecule has 0 saturated heterocycles. The van der Waals surface area contributed by atoms with Gasteiger partial charge < -0.3 is 10.6 Å². The average molecular weight is 431 g/mol. The molecule has 0 bridgehead atoms. The summed E-state index contributed by atoms with van der Waals surface area (Å²) in [5.74, 6) is 0. The molecule has 0 heterocycles. The molecule has 0 aromatic rings. The van der Waals surface area contributed by atoms with E-state index in [0.29, 0.717) is 12.8 Å². The zero-order chi connectivity index (χ0) is 18.1. The molecule has 6 unspecified atom stereocenters. The Hall–Kier alpha value is 1.07. The summed E-state index contributed by atoms with van der Waals surface area (Å²) < 4.78 is 28.1. The Bertz CT molecular complexity index is 336. The second-order valence-electron chi connectivity index (χ2n) is 7.52. The van der Waals surface area contributed by atoms with Gasteiger partial charge in [0.2, 0.25) is 0 Å². The van der Waals surface area contributed by atoms with Crippen molar-refractivity contribution in [3.8, 4) is 0 Å². The van der Waals surface area contributed by atoms with E-state index in [9.17, 15) is 8.78 Å². The van der Waals surface area contributed by atoms with Crippen molar-refractivity contribution < 1.29 is 25.8 Å². The van der Waals surface area contributed by atoms with Gasteiger partial charge in [-0.3, -0.25) is 0 Å². The second kappa shape index (κ2) is 12.5. The number of rotatable bonds is 4. The Labute approximate surface area is 168 Å². The first-order valence-electron chi connectivity index (χ1n) is 9.80. The van der Waals surface area contributed by atoms with Gasteiger partial charge in [0.05, 0.1) is 12.3 Å². The van der Waals surface area contributed by atoms with Gasteiger partial charge in [0, 0.05) is 0 Å². The molecule has 0 N–H and O–H groups in total. The van der Waals surface area contributed by atoms with Gasteiger partial charge in [0.1, 0.15) is 0 Å². The molecule has 3 aliphatic rings. The molecule has 7 heteroatoms. The minimum atomic E-state index is -0.764. The average Bonchev–Trinajstić information content (AvgIpc) is 2.61. The molecular weight excluding hydrogens is 401 g/mol. The predicted octanol–water partition coefficient (Wildman–Crippen LogP) is 6.98. The maximum atomic E-state index is 14.1. The molecule has 146 valence electrons. The molecule has 0 aliphatic heterocycles. The number of nitrogens with zero attached hydrogens (tertiary/aromatic N) is 2. The Kier molecular flexibility index (Phi) is 11.2. The fraction of sp³-hybridized carbons (Fsp3) is 1.00. The van der Waals surface area contributed by atoms with Gasteiger partial charge in [0.15, 0.2) is 0 Å². The van der Waals surface area contributed by atoms with Gasteiger partial charge in [-0.25, -0.2) is 8.78 Å². The van der Waals surface area contributed by atoms with E-state index in [1.807, 2.05) is 0 Å². The summed E-state index contributed by atoms with van der Waals surface area (Å²) in [7, 11) is 9.78. The monoisotopic (exact) mass is 430 g/mol. The van der Waals surface area contributed by atoms with Gasteiger partial charge >= 0.3 is 35.6 Å². The maximum absolute atomic E-state index is 14.1. The first kappa shape index (κ1) is 22.4. The summed E-state index contributed by atoms with van der Waals surface area (Å²) in [6.45, 7) is 0. The van der Waals surface area contributed by atoms with E-state index in [1.165, 1.54) is 0 Å². The van der Waals surface area contributed by atoms with E-state index in [-0.39, 0.29) is 24.2 Å². The summed E-state index contributed by atoms with van der Waals surface area (Å²) in [6.07, 6.45) is 10.1. The Morgan fingerprint density at radius 1 is 0.560 bits per heavy atom. The van der Waals surface area contributed by atoms with E-state index in [2.05, 4.69) is 0 Å². The van der Waals surface area contributed by atoms with Crippen LogP contribution < -0.4 is 0 Å². The molecule has 3 aliphatic carbocycles. The molecular formula is C18H30Cl2F2N2Ti-2. The summed E-state index contributed by atoms with van der Waals surface area (Å²) in [5.41, 5.74) is 0. The Morgan fingerprint density at radius 2 is 0.840 bits per heavy atom. The summed E-state index contributed by atoms with van der Waals surface area (Å²) in [6, 6.07) is 0.0395. The molecule has 0 radical (unpaired) electrons. The van der Waals surface area contributed by atoms with Crippen molar-refractivity contribution in [2.24, 2.45) is 0 Å². The number of halogens is 4. The fourth-order valence-electron chi connectivity index (χ4n) is 4.40. The summed E-state index contributed by atoms with van der Waals surface area (Å²) in [5, 5.41) is 9.71. The zero-order valence-corrected chi connectivity index (χ0v) is 17.9. The third-order valence-corrected chi connectivity index (χ3v) is 5.75. The SMILES string of the molecule is FC1CCCCC1[N-]C1CCCCC1[N-]C1CCCCC1F.[Cl][Ti][Cl]. The van der Waals surface area contributed by atoms with Crippen LogP contribution in [-0.4, -0.2) is 36.5 Å². The number of alkyl halides is 2. The summed E-state index contributed by atoms with van der Waals surface area (Å²) in [4.78, 5) is 0. The van der Waals surface area contributed by atoms with Crippen molar-refractivity contribution in [2.45, 2.75) is 114 Å². The van der Waals surface area contributed by atoms with Crippen molar-refractivity contribution >= 4 is 18.6 Å². The fourth-order valence-corrected chi connectivity index (χ4v) is 4.40. The van der Waals surface area contributed by atoms with Crippen LogP contribution in [0.3, 0.4) is 0 Å². The topological polar surface area (TPSA) is 28.2 Å². The third kappa shape index (κ3) is 7.54. The van der Waals surface area contributed by atoms with Crippen LogP contribution in [0.4, 0.5) is 8.78 Å². The number of hydrogen-bond acceptors (Lipinski definition) is 0. The van der Waals surface area contributed by atoms with Crippen molar-refractivity contribution in [1.82, 2.24) is 0 Å². The molecule has 0 aromatic heterocycles. The zero-order valence-electron chi connectivity index (χ0n) is 14.9. The molecule has 3 fully saturated rings. The molecule has 2 nitrogen and oxygen atoms in total. The first-order chi connectivity index (χ1) is 12.2. The second-order valence-corrected chi connectivity index (χ2v) is 10.1. The van der Waals surface area contributed by atoms with Crippen LogP contribution in [0.5, 0.6) is 0 Å². The van der Waals surface area contributed by atoms with Gasteiger partial charge in [0.25, 0.3) is 0 Å². The molecule has 3 saturated carbocycles. The van der Waals surface area contributed by atoms with E-state index in [4.69, 9.17) is 29.2 Å². The molecule has 0 amide bonds. The van der Waals surface area contributed by atoms with Gasteiger partial charge in [-0.1, -0.05) is 64.2 Å². The molecule has 6 atom stereocenters. The van der Waals surface area contributed by atoms with E-state index >= 15 is 0 Å². The van der Waals surface area contributed by atoms with Crippen molar-refractivity contribution in [3.63, 3.8) is 0 Å². The van der Waals surface area contributed by atoms with Gasteiger partial charge in [-0.05, 0) is 12.8 Å². The van der Waals surface area contributed by atoms with E-state index in [0.717, 1.165) is 64.2 Å². The Morgan fingerprint density at radius 3 is 1.16 bits per heavy atom. The predicted molar refractivity (Wildman–Crippen MR) is 98.8 cm³/mol. The van der Waals surface area contributed by atoms with Crippen LogP contribution in [0.15, 0.2) is 0 Å². The van der Waals surface area contributed by atoms with Crippen LogP contribution in [0.1, 0.15) is 77.0 Å². The molecule has 3 rings (SSSR count). The Balaban J connectivity index is 0.000000701. The summed E-state index contributed by atoms with van der Waals surface area (Å²) >= 11 is -0.556. The van der Waals surface area contributed by atoms with E-state index < -0.39 is 29.4 Å². The molecule has 0 spiro atoms.